The Kier molecular flexibility index (Phi) is 5.92. The number of halogens is 1. The molecule has 2 aromatic rings. The number of nitrogens with one attached hydrogen (secondary N) is 1. The van der Waals surface area contributed by atoms with Crippen LogP contribution in [-0.4, -0.2) is 50.0 Å². The summed E-state index contributed by atoms with van der Waals surface area (Å²) in [5.74, 6) is 0.382. The molecule has 0 aliphatic carbocycles. The third-order valence-corrected chi connectivity index (χ3v) is 5.79. The summed E-state index contributed by atoms with van der Waals surface area (Å²) in [5.41, 5.74) is 2.88. The van der Waals surface area contributed by atoms with E-state index in [0.29, 0.717) is 12.0 Å². The average molecular weight is 414 g/mol. The summed E-state index contributed by atoms with van der Waals surface area (Å²) in [5, 5.41) is 12.7. The molecule has 4 atom stereocenters. The molecule has 1 saturated heterocycles. The van der Waals surface area contributed by atoms with Crippen LogP contribution in [0.4, 0.5) is 10.1 Å². The van der Waals surface area contributed by atoms with Crippen LogP contribution in [0.5, 0.6) is 5.75 Å². The van der Waals surface area contributed by atoms with Gasteiger partial charge in [-0.3, -0.25) is 4.79 Å². The van der Waals surface area contributed by atoms with E-state index < -0.39 is 6.10 Å². The lowest BCUT2D eigenvalue weighted by Gasteiger charge is -2.37. The largest absolute Gasteiger partial charge is 0.487 e. The zero-order valence-corrected chi connectivity index (χ0v) is 17.2. The first kappa shape index (κ1) is 20.6. The van der Waals surface area contributed by atoms with Gasteiger partial charge in [0.05, 0.1) is 19.1 Å². The van der Waals surface area contributed by atoms with Crippen LogP contribution in [0.2, 0.25) is 0 Å². The second kappa shape index (κ2) is 8.62. The van der Waals surface area contributed by atoms with E-state index in [2.05, 4.69) is 11.4 Å². The van der Waals surface area contributed by atoms with Gasteiger partial charge in [-0.05, 0) is 42.3 Å². The lowest BCUT2D eigenvalue weighted by Crippen LogP contribution is -2.47. The number of benzene rings is 2. The number of nitrogens with zero attached hydrogens (tertiary/aromatic N) is 1. The summed E-state index contributed by atoms with van der Waals surface area (Å²) >= 11 is 0. The van der Waals surface area contributed by atoms with Crippen molar-refractivity contribution >= 4 is 11.6 Å². The number of ether oxygens (including phenoxy) is 2. The van der Waals surface area contributed by atoms with Gasteiger partial charge in [0.25, 0.3) is 0 Å². The predicted molar refractivity (Wildman–Crippen MR) is 111 cm³/mol. The van der Waals surface area contributed by atoms with E-state index in [-0.39, 0.29) is 49.4 Å². The van der Waals surface area contributed by atoms with Gasteiger partial charge >= 0.3 is 0 Å². The Morgan fingerprint density at radius 2 is 2.10 bits per heavy atom. The zero-order valence-electron chi connectivity index (χ0n) is 17.2. The number of anilines is 1. The second-order valence-corrected chi connectivity index (χ2v) is 8.13. The van der Waals surface area contributed by atoms with Crippen molar-refractivity contribution < 1.29 is 23.8 Å². The highest BCUT2D eigenvalue weighted by molar-refractivity contribution is 5.76. The fourth-order valence-electron chi connectivity index (χ4n) is 4.28. The molecule has 160 valence electrons. The van der Waals surface area contributed by atoms with Gasteiger partial charge in [-0.1, -0.05) is 12.1 Å². The van der Waals surface area contributed by atoms with Crippen LogP contribution < -0.4 is 15.0 Å². The molecule has 0 unspecified atom stereocenters. The van der Waals surface area contributed by atoms with Gasteiger partial charge in [-0.15, -0.1) is 0 Å². The molecule has 2 aliphatic rings. The Morgan fingerprint density at radius 1 is 1.27 bits per heavy atom. The first-order valence-corrected chi connectivity index (χ1v) is 10.2. The Morgan fingerprint density at radius 3 is 2.83 bits per heavy atom. The molecule has 0 radical (unpaired) electrons. The van der Waals surface area contributed by atoms with Gasteiger partial charge in [0.2, 0.25) is 5.91 Å². The van der Waals surface area contributed by atoms with Crippen molar-refractivity contribution in [3.8, 4) is 5.75 Å². The van der Waals surface area contributed by atoms with Crippen LogP contribution in [0, 0.1) is 5.82 Å². The maximum atomic E-state index is 13.3. The quantitative estimate of drug-likeness (QED) is 0.760. The number of fused-ring (bicyclic) bond motifs is 3. The zero-order chi connectivity index (χ0) is 21.3. The molecule has 2 aliphatic heterocycles. The van der Waals surface area contributed by atoms with Crippen molar-refractivity contribution in [3.63, 3.8) is 0 Å². The van der Waals surface area contributed by atoms with Crippen molar-refractivity contribution in [3.05, 3.63) is 59.4 Å². The molecule has 4 rings (SSSR count). The van der Waals surface area contributed by atoms with E-state index in [1.807, 2.05) is 31.1 Å². The van der Waals surface area contributed by atoms with Crippen molar-refractivity contribution in [1.29, 1.82) is 0 Å². The smallest absolute Gasteiger partial charge is 0.222 e. The van der Waals surface area contributed by atoms with Crippen LogP contribution in [0.25, 0.3) is 0 Å². The number of aliphatic hydroxyl groups excluding tert-OH is 1. The molecule has 0 saturated carbocycles. The first-order valence-electron chi connectivity index (χ1n) is 10.2. The van der Waals surface area contributed by atoms with Crippen LogP contribution in [0.3, 0.4) is 0 Å². The number of hydrogen-bond acceptors (Lipinski definition) is 5. The molecule has 7 heteroatoms. The molecule has 2 aromatic carbocycles. The molecule has 6 nitrogen and oxygen atoms in total. The van der Waals surface area contributed by atoms with Crippen molar-refractivity contribution in [2.75, 3.05) is 25.6 Å². The van der Waals surface area contributed by atoms with Gasteiger partial charge in [0.15, 0.2) is 0 Å². The number of amides is 1. The van der Waals surface area contributed by atoms with Gasteiger partial charge in [-0.2, -0.15) is 0 Å². The minimum atomic E-state index is -0.486. The Bertz CT molecular complexity index is 920. The summed E-state index contributed by atoms with van der Waals surface area (Å²) in [6, 6.07) is 12.2. The Hall–Kier alpha value is -2.64. The monoisotopic (exact) mass is 414 g/mol. The average Bonchev–Trinajstić information content (AvgIpc) is 3.09. The molecule has 0 spiro atoms. The van der Waals surface area contributed by atoms with E-state index in [9.17, 15) is 14.3 Å². The van der Waals surface area contributed by atoms with E-state index >= 15 is 0 Å². The maximum absolute atomic E-state index is 13.3. The van der Waals surface area contributed by atoms with Crippen molar-refractivity contribution in [2.45, 2.75) is 43.6 Å². The minimum absolute atomic E-state index is 0.0619. The fourth-order valence-corrected chi connectivity index (χ4v) is 4.28. The van der Waals surface area contributed by atoms with E-state index in [0.717, 1.165) is 17.0 Å². The molecule has 2 N–H and O–H groups in total. The highest BCUT2D eigenvalue weighted by atomic mass is 19.1. The van der Waals surface area contributed by atoms with E-state index in [1.165, 1.54) is 12.1 Å². The molecule has 0 bridgehead atoms. The van der Waals surface area contributed by atoms with Gasteiger partial charge < -0.3 is 24.8 Å². The summed E-state index contributed by atoms with van der Waals surface area (Å²) in [6.45, 7) is 0.0913. The maximum Gasteiger partial charge on any atom is 0.222 e. The SMILES string of the molecule is CN(C)c1ccc2c(c1)[C@@H]1C[C@H](CC(=O)NCc3cccc(F)c3)O[C@H](CO)[C@@H]1O2. The van der Waals surface area contributed by atoms with Crippen LogP contribution in [0.15, 0.2) is 42.5 Å². The third-order valence-electron chi connectivity index (χ3n) is 5.79. The topological polar surface area (TPSA) is 71.0 Å². The van der Waals surface area contributed by atoms with Crippen molar-refractivity contribution in [1.82, 2.24) is 5.32 Å². The minimum Gasteiger partial charge on any atom is -0.487 e. The number of carbonyl (C=O) groups is 1. The van der Waals surface area contributed by atoms with E-state index in [4.69, 9.17) is 9.47 Å². The highest BCUT2D eigenvalue weighted by Gasteiger charge is 2.46. The second-order valence-electron chi connectivity index (χ2n) is 8.13. The van der Waals surface area contributed by atoms with Crippen LogP contribution in [-0.2, 0) is 16.1 Å². The summed E-state index contributed by atoms with van der Waals surface area (Å²) in [6.07, 6.45) is -0.252. The first-order chi connectivity index (χ1) is 14.4. The van der Waals surface area contributed by atoms with Gasteiger partial charge in [0, 0.05) is 37.8 Å². The molecule has 1 fully saturated rings. The lowest BCUT2D eigenvalue weighted by molar-refractivity contribution is -0.142. The molecular formula is C23H27FN2O4. The van der Waals surface area contributed by atoms with Gasteiger partial charge in [0.1, 0.15) is 23.8 Å². The van der Waals surface area contributed by atoms with Gasteiger partial charge in [-0.25, -0.2) is 4.39 Å². The highest BCUT2D eigenvalue weighted by Crippen LogP contribution is 2.47. The number of hydrogen-bond donors (Lipinski definition) is 2. The standard InChI is InChI=1S/C23H27FN2O4/c1-26(2)16-6-7-20-18(9-16)19-10-17(29-21(13-27)23(19)30-20)11-22(28)25-12-14-4-3-5-15(24)8-14/h3-9,17,19,21,23,27H,10-13H2,1-2H3,(H,25,28)/t17-,19+,21-,23-/m1/s1. The molecular weight excluding hydrogens is 387 g/mol. The summed E-state index contributed by atoms with van der Waals surface area (Å²) < 4.78 is 25.4. The Labute approximate surface area is 175 Å². The summed E-state index contributed by atoms with van der Waals surface area (Å²) in [4.78, 5) is 14.5. The normalized spacial score (nSPS) is 24.5. The van der Waals surface area contributed by atoms with Crippen molar-refractivity contribution in [2.24, 2.45) is 0 Å². The van der Waals surface area contributed by atoms with E-state index in [1.54, 1.807) is 12.1 Å². The lowest BCUT2D eigenvalue weighted by atomic mass is 9.84. The molecule has 0 aromatic heterocycles. The fraction of sp³-hybridized carbons (Fsp3) is 0.435. The number of aliphatic hydroxyl groups is 1. The predicted octanol–water partition coefficient (Wildman–Crippen LogP) is 2.59. The molecule has 30 heavy (non-hydrogen) atoms. The summed E-state index contributed by atoms with van der Waals surface area (Å²) in [7, 11) is 3.97. The number of carbonyl (C=O) groups excluding carboxylic acids is 1. The van der Waals surface area contributed by atoms with Crippen LogP contribution >= 0.6 is 0 Å². The number of rotatable bonds is 6. The molecule has 2 heterocycles. The van der Waals surface area contributed by atoms with Crippen LogP contribution in [0.1, 0.15) is 29.9 Å². The third kappa shape index (κ3) is 4.27. The molecule has 1 amide bonds. The Balaban J connectivity index is 1.43.